The lowest BCUT2D eigenvalue weighted by Gasteiger charge is -2.28. The van der Waals surface area contributed by atoms with Gasteiger partial charge in [0.2, 0.25) is 0 Å². The number of hydrogen-bond donors (Lipinski definition) is 1. The molecule has 1 N–H and O–H groups in total. The van der Waals surface area contributed by atoms with Crippen LogP contribution in [0.25, 0.3) is 0 Å². The molecule has 0 aliphatic heterocycles. The summed E-state index contributed by atoms with van der Waals surface area (Å²) in [7, 11) is 1.67. The molecule has 1 aromatic carbocycles. The number of ether oxygens (including phenoxy) is 1. The van der Waals surface area contributed by atoms with Gasteiger partial charge < -0.3 is 9.84 Å². The molecule has 0 spiro atoms. The molecule has 1 fully saturated rings. The predicted octanol–water partition coefficient (Wildman–Crippen LogP) is 3.44. The van der Waals surface area contributed by atoms with Crippen LogP contribution in [0, 0.1) is 5.92 Å². The SMILES string of the molecule is COc1ccc([C@H]2CCC[C@H](CC(=O)O)C2)cc1. The molecule has 98 valence electrons. The Morgan fingerprint density at radius 2 is 2.06 bits per heavy atom. The fraction of sp³-hybridized carbons (Fsp3) is 0.533. The third-order valence-electron chi connectivity index (χ3n) is 3.83. The van der Waals surface area contributed by atoms with E-state index in [1.54, 1.807) is 7.11 Å². The van der Waals surface area contributed by atoms with Gasteiger partial charge in [0.05, 0.1) is 7.11 Å². The summed E-state index contributed by atoms with van der Waals surface area (Å²) < 4.78 is 5.15. The van der Waals surface area contributed by atoms with Gasteiger partial charge in [0, 0.05) is 6.42 Å². The molecule has 1 saturated carbocycles. The minimum atomic E-state index is -0.671. The minimum absolute atomic E-state index is 0.312. The summed E-state index contributed by atoms with van der Waals surface area (Å²) in [5.41, 5.74) is 1.31. The second-order valence-electron chi connectivity index (χ2n) is 5.10. The van der Waals surface area contributed by atoms with E-state index in [1.807, 2.05) is 12.1 Å². The van der Waals surface area contributed by atoms with E-state index in [2.05, 4.69) is 12.1 Å². The number of rotatable bonds is 4. The van der Waals surface area contributed by atoms with Gasteiger partial charge in [-0.25, -0.2) is 0 Å². The van der Waals surface area contributed by atoms with Crippen molar-refractivity contribution in [2.75, 3.05) is 7.11 Å². The Labute approximate surface area is 108 Å². The number of benzene rings is 1. The van der Waals surface area contributed by atoms with Crippen LogP contribution >= 0.6 is 0 Å². The second kappa shape index (κ2) is 5.89. The van der Waals surface area contributed by atoms with E-state index in [-0.39, 0.29) is 0 Å². The van der Waals surface area contributed by atoms with Crippen LogP contribution in [0.4, 0.5) is 0 Å². The van der Waals surface area contributed by atoms with Crippen LogP contribution in [0.15, 0.2) is 24.3 Å². The Bertz CT molecular complexity index is 397. The van der Waals surface area contributed by atoms with Gasteiger partial charge in [-0.1, -0.05) is 18.6 Å². The first-order chi connectivity index (χ1) is 8.69. The van der Waals surface area contributed by atoms with E-state index in [1.165, 1.54) is 12.0 Å². The molecule has 0 radical (unpaired) electrons. The predicted molar refractivity (Wildman–Crippen MR) is 69.9 cm³/mol. The molecule has 0 amide bonds. The van der Waals surface area contributed by atoms with Gasteiger partial charge in [0.15, 0.2) is 0 Å². The molecular formula is C15H20O3. The Balaban J connectivity index is 2.01. The fourth-order valence-electron chi connectivity index (χ4n) is 2.90. The molecule has 0 aromatic heterocycles. The first-order valence-corrected chi connectivity index (χ1v) is 6.54. The Morgan fingerprint density at radius 1 is 1.33 bits per heavy atom. The van der Waals surface area contributed by atoms with E-state index in [0.717, 1.165) is 25.0 Å². The van der Waals surface area contributed by atoms with Crippen molar-refractivity contribution >= 4 is 5.97 Å². The molecule has 0 saturated heterocycles. The number of methoxy groups -OCH3 is 1. The Morgan fingerprint density at radius 3 is 2.67 bits per heavy atom. The summed E-state index contributed by atoms with van der Waals surface area (Å²) in [5.74, 6) is 1.05. The lowest BCUT2D eigenvalue weighted by molar-refractivity contribution is -0.138. The molecule has 1 aromatic rings. The highest BCUT2D eigenvalue weighted by atomic mass is 16.5. The normalized spacial score (nSPS) is 23.6. The maximum atomic E-state index is 10.8. The van der Waals surface area contributed by atoms with Crippen LogP contribution in [-0.4, -0.2) is 18.2 Å². The highest BCUT2D eigenvalue weighted by Crippen LogP contribution is 2.37. The summed E-state index contributed by atoms with van der Waals surface area (Å²) in [6.07, 6.45) is 4.67. The Kier molecular flexibility index (Phi) is 4.24. The monoisotopic (exact) mass is 248 g/mol. The quantitative estimate of drug-likeness (QED) is 0.887. The summed E-state index contributed by atoms with van der Waals surface area (Å²) in [6.45, 7) is 0. The molecule has 2 atom stereocenters. The molecule has 3 nitrogen and oxygen atoms in total. The zero-order chi connectivity index (χ0) is 13.0. The summed E-state index contributed by atoms with van der Waals surface area (Å²) >= 11 is 0. The lowest BCUT2D eigenvalue weighted by Crippen LogP contribution is -2.17. The average molecular weight is 248 g/mol. The van der Waals surface area contributed by atoms with E-state index in [9.17, 15) is 4.79 Å². The van der Waals surface area contributed by atoms with Gasteiger partial charge in [-0.3, -0.25) is 4.79 Å². The zero-order valence-corrected chi connectivity index (χ0v) is 10.8. The number of aliphatic carboxylic acids is 1. The molecule has 0 heterocycles. The largest absolute Gasteiger partial charge is 0.497 e. The molecular weight excluding hydrogens is 228 g/mol. The standard InChI is InChI=1S/C15H20O3/c1-18-14-7-5-12(6-8-14)13-4-2-3-11(9-13)10-15(16)17/h5-8,11,13H,2-4,9-10H2,1H3,(H,16,17)/t11-,13-/m0/s1. The van der Waals surface area contributed by atoms with Crippen LogP contribution in [-0.2, 0) is 4.79 Å². The smallest absolute Gasteiger partial charge is 0.303 e. The number of carbonyl (C=O) groups is 1. The van der Waals surface area contributed by atoms with Crippen molar-refractivity contribution in [3.05, 3.63) is 29.8 Å². The summed E-state index contributed by atoms with van der Waals surface area (Å²) in [5, 5.41) is 8.87. The highest BCUT2D eigenvalue weighted by molar-refractivity contribution is 5.67. The molecule has 1 aliphatic carbocycles. The molecule has 0 unspecified atom stereocenters. The van der Waals surface area contributed by atoms with E-state index in [0.29, 0.717) is 18.3 Å². The third kappa shape index (κ3) is 3.25. The topological polar surface area (TPSA) is 46.5 Å². The van der Waals surface area contributed by atoms with Crippen molar-refractivity contribution in [3.8, 4) is 5.75 Å². The number of carboxylic acids is 1. The van der Waals surface area contributed by atoms with E-state index in [4.69, 9.17) is 9.84 Å². The zero-order valence-electron chi connectivity index (χ0n) is 10.8. The first-order valence-electron chi connectivity index (χ1n) is 6.54. The third-order valence-corrected chi connectivity index (χ3v) is 3.83. The second-order valence-corrected chi connectivity index (χ2v) is 5.10. The van der Waals surface area contributed by atoms with E-state index >= 15 is 0 Å². The van der Waals surface area contributed by atoms with Crippen molar-refractivity contribution < 1.29 is 14.6 Å². The number of hydrogen-bond acceptors (Lipinski definition) is 2. The van der Waals surface area contributed by atoms with Gasteiger partial charge in [-0.2, -0.15) is 0 Å². The van der Waals surface area contributed by atoms with Crippen LogP contribution in [0.1, 0.15) is 43.6 Å². The van der Waals surface area contributed by atoms with Crippen LogP contribution < -0.4 is 4.74 Å². The summed E-state index contributed by atoms with van der Waals surface area (Å²) in [4.78, 5) is 10.8. The molecule has 1 aliphatic rings. The number of carboxylic acid groups (broad SMARTS) is 1. The van der Waals surface area contributed by atoms with Crippen molar-refractivity contribution in [1.29, 1.82) is 0 Å². The maximum absolute atomic E-state index is 10.8. The minimum Gasteiger partial charge on any atom is -0.497 e. The average Bonchev–Trinajstić information content (AvgIpc) is 2.38. The first kappa shape index (κ1) is 12.9. The van der Waals surface area contributed by atoms with Gasteiger partial charge in [-0.15, -0.1) is 0 Å². The van der Waals surface area contributed by atoms with Crippen molar-refractivity contribution in [2.45, 2.75) is 38.0 Å². The van der Waals surface area contributed by atoms with Crippen molar-refractivity contribution in [2.24, 2.45) is 5.92 Å². The maximum Gasteiger partial charge on any atom is 0.303 e. The highest BCUT2D eigenvalue weighted by Gasteiger charge is 2.24. The van der Waals surface area contributed by atoms with Gasteiger partial charge in [0.1, 0.15) is 5.75 Å². The van der Waals surface area contributed by atoms with Gasteiger partial charge in [-0.05, 0) is 48.8 Å². The van der Waals surface area contributed by atoms with E-state index < -0.39 is 5.97 Å². The summed E-state index contributed by atoms with van der Waals surface area (Å²) in [6, 6.07) is 8.17. The molecule has 0 bridgehead atoms. The molecule has 3 heteroatoms. The van der Waals surface area contributed by atoms with Gasteiger partial charge in [0.25, 0.3) is 0 Å². The van der Waals surface area contributed by atoms with Crippen LogP contribution in [0.3, 0.4) is 0 Å². The van der Waals surface area contributed by atoms with Crippen LogP contribution in [0.5, 0.6) is 5.75 Å². The van der Waals surface area contributed by atoms with Gasteiger partial charge >= 0.3 is 5.97 Å². The fourth-order valence-corrected chi connectivity index (χ4v) is 2.90. The molecule has 2 rings (SSSR count). The molecule has 18 heavy (non-hydrogen) atoms. The lowest BCUT2D eigenvalue weighted by atomic mass is 9.77. The van der Waals surface area contributed by atoms with Crippen molar-refractivity contribution in [3.63, 3.8) is 0 Å². The van der Waals surface area contributed by atoms with Crippen LogP contribution in [0.2, 0.25) is 0 Å². The van der Waals surface area contributed by atoms with Crippen molar-refractivity contribution in [1.82, 2.24) is 0 Å². The Hall–Kier alpha value is -1.51.